The molecule has 0 aliphatic heterocycles. The van der Waals surface area contributed by atoms with Crippen molar-refractivity contribution >= 4 is 5.91 Å². The molecule has 5 nitrogen and oxygen atoms in total. The van der Waals surface area contributed by atoms with Crippen LogP contribution in [0.3, 0.4) is 0 Å². The molecule has 0 bridgehead atoms. The lowest BCUT2D eigenvalue weighted by Gasteiger charge is -2.14. The molecule has 1 amide bonds. The first-order valence-corrected chi connectivity index (χ1v) is 6.14. The van der Waals surface area contributed by atoms with Gasteiger partial charge in [-0.2, -0.15) is 0 Å². The van der Waals surface area contributed by atoms with Crippen LogP contribution in [0.5, 0.6) is 0 Å². The van der Waals surface area contributed by atoms with E-state index >= 15 is 0 Å². The Labute approximate surface area is 112 Å². The fourth-order valence-electron chi connectivity index (χ4n) is 1.69. The fourth-order valence-corrected chi connectivity index (χ4v) is 1.69. The molecule has 1 aromatic heterocycles. The maximum Gasteiger partial charge on any atom is 0.292 e. The monoisotopic (exact) mass is 259 g/mol. The molecule has 1 N–H and O–H groups in total. The lowest BCUT2D eigenvalue weighted by atomic mass is 10.1. The van der Waals surface area contributed by atoms with E-state index in [9.17, 15) is 4.79 Å². The summed E-state index contributed by atoms with van der Waals surface area (Å²) in [5, 5.41) is 6.93. The van der Waals surface area contributed by atoms with Gasteiger partial charge in [-0.05, 0) is 7.05 Å². The molecule has 0 unspecified atom stereocenters. The maximum absolute atomic E-state index is 12.1. The highest BCUT2D eigenvalue weighted by Crippen LogP contribution is 2.19. The second-order valence-electron chi connectivity index (χ2n) is 4.27. The molecule has 0 atom stereocenters. The number of nitrogens with zero attached hydrogens (tertiary/aromatic N) is 2. The lowest BCUT2D eigenvalue weighted by molar-refractivity contribution is 0.0755. The van der Waals surface area contributed by atoms with Gasteiger partial charge in [-0.15, -0.1) is 0 Å². The third-order valence-electron chi connectivity index (χ3n) is 2.83. The Morgan fingerprint density at radius 3 is 2.79 bits per heavy atom. The van der Waals surface area contributed by atoms with E-state index in [1.807, 2.05) is 37.4 Å². The van der Waals surface area contributed by atoms with E-state index in [0.29, 0.717) is 12.2 Å². The van der Waals surface area contributed by atoms with Crippen LogP contribution in [0.1, 0.15) is 10.6 Å². The van der Waals surface area contributed by atoms with Crippen molar-refractivity contribution in [3.63, 3.8) is 0 Å². The average Bonchev–Trinajstić information content (AvgIpc) is 2.94. The van der Waals surface area contributed by atoms with Crippen LogP contribution in [-0.2, 0) is 0 Å². The van der Waals surface area contributed by atoms with Crippen molar-refractivity contribution in [3.8, 4) is 11.3 Å². The summed E-state index contributed by atoms with van der Waals surface area (Å²) >= 11 is 0. The largest absolute Gasteiger partial charge is 0.350 e. The normalized spacial score (nSPS) is 10.4. The third kappa shape index (κ3) is 3.20. The zero-order valence-corrected chi connectivity index (χ0v) is 11.1. The molecule has 0 aliphatic rings. The summed E-state index contributed by atoms with van der Waals surface area (Å²) < 4.78 is 5.12. The number of carbonyl (C=O) groups is 1. The van der Waals surface area contributed by atoms with Crippen molar-refractivity contribution in [1.82, 2.24) is 15.4 Å². The van der Waals surface area contributed by atoms with Crippen molar-refractivity contribution in [2.24, 2.45) is 0 Å². The van der Waals surface area contributed by atoms with Gasteiger partial charge in [0.25, 0.3) is 5.91 Å². The molecule has 1 heterocycles. The lowest BCUT2D eigenvalue weighted by Crippen LogP contribution is -2.32. The van der Waals surface area contributed by atoms with Crippen LogP contribution >= 0.6 is 0 Å². The summed E-state index contributed by atoms with van der Waals surface area (Å²) in [6.07, 6.45) is 0. The number of likely N-dealkylation sites (N-methyl/N-ethyl adjacent to an activating group) is 2. The summed E-state index contributed by atoms with van der Waals surface area (Å²) in [5.74, 6) is 0.0994. The van der Waals surface area contributed by atoms with Gasteiger partial charge < -0.3 is 14.7 Å². The highest BCUT2D eigenvalue weighted by atomic mass is 16.5. The molecular formula is C14H17N3O2. The van der Waals surface area contributed by atoms with Gasteiger partial charge in [0, 0.05) is 31.8 Å². The molecule has 2 rings (SSSR count). The predicted octanol–water partition coefficient (Wildman–Crippen LogP) is 1.63. The maximum atomic E-state index is 12.1. The van der Waals surface area contributed by atoms with Crippen molar-refractivity contribution in [2.45, 2.75) is 0 Å². The minimum atomic E-state index is -0.162. The average molecular weight is 259 g/mol. The molecule has 0 saturated heterocycles. The van der Waals surface area contributed by atoms with Crippen molar-refractivity contribution in [1.29, 1.82) is 0 Å². The van der Waals surface area contributed by atoms with Crippen molar-refractivity contribution < 1.29 is 9.32 Å². The van der Waals surface area contributed by atoms with E-state index in [0.717, 1.165) is 12.1 Å². The SMILES string of the molecule is CNCCN(C)C(=O)c1cc(-c2ccccc2)no1. The Morgan fingerprint density at radius 1 is 1.37 bits per heavy atom. The number of hydrogen-bond acceptors (Lipinski definition) is 4. The number of carbonyl (C=O) groups excluding carboxylic acids is 1. The van der Waals surface area contributed by atoms with Crippen molar-refractivity contribution in [2.75, 3.05) is 27.2 Å². The van der Waals surface area contributed by atoms with Gasteiger partial charge in [-0.3, -0.25) is 4.79 Å². The quantitative estimate of drug-likeness (QED) is 0.886. The molecule has 19 heavy (non-hydrogen) atoms. The van der Waals surface area contributed by atoms with E-state index in [1.54, 1.807) is 18.0 Å². The van der Waals surface area contributed by atoms with Gasteiger partial charge in [-0.1, -0.05) is 35.5 Å². The van der Waals surface area contributed by atoms with E-state index < -0.39 is 0 Å². The van der Waals surface area contributed by atoms with E-state index in [2.05, 4.69) is 10.5 Å². The number of benzene rings is 1. The Balaban J connectivity index is 2.11. The summed E-state index contributed by atoms with van der Waals surface area (Å²) in [7, 11) is 3.59. The van der Waals surface area contributed by atoms with Crippen LogP contribution in [0, 0.1) is 0 Å². The number of hydrogen-bond donors (Lipinski definition) is 1. The van der Waals surface area contributed by atoms with E-state index in [4.69, 9.17) is 4.52 Å². The topological polar surface area (TPSA) is 58.4 Å². The van der Waals surface area contributed by atoms with Gasteiger partial charge >= 0.3 is 0 Å². The Kier molecular flexibility index (Phi) is 4.30. The van der Waals surface area contributed by atoms with Crippen LogP contribution in [0.2, 0.25) is 0 Å². The second kappa shape index (κ2) is 6.15. The molecule has 0 fully saturated rings. The molecule has 1 aromatic carbocycles. The van der Waals surface area contributed by atoms with Crippen LogP contribution in [0.4, 0.5) is 0 Å². The number of nitrogens with one attached hydrogen (secondary N) is 1. The van der Waals surface area contributed by atoms with Crippen LogP contribution < -0.4 is 5.32 Å². The number of rotatable bonds is 5. The Bertz CT molecular complexity index is 537. The molecule has 5 heteroatoms. The molecule has 0 aliphatic carbocycles. The summed E-state index contributed by atoms with van der Waals surface area (Å²) in [6, 6.07) is 11.3. The standard InChI is InChI=1S/C14H17N3O2/c1-15-8-9-17(2)14(18)13-10-12(16-19-13)11-6-4-3-5-7-11/h3-7,10,15H,8-9H2,1-2H3. The van der Waals surface area contributed by atoms with Gasteiger partial charge in [0.15, 0.2) is 0 Å². The first-order valence-electron chi connectivity index (χ1n) is 6.14. The summed E-state index contributed by atoms with van der Waals surface area (Å²) in [4.78, 5) is 13.7. The first-order chi connectivity index (χ1) is 9.22. The molecule has 0 radical (unpaired) electrons. The summed E-state index contributed by atoms with van der Waals surface area (Å²) in [5.41, 5.74) is 1.61. The van der Waals surface area contributed by atoms with Gasteiger partial charge in [0.05, 0.1) is 0 Å². The molecule has 100 valence electrons. The number of amides is 1. The minimum absolute atomic E-state index is 0.162. The van der Waals surface area contributed by atoms with Crippen LogP contribution in [-0.4, -0.2) is 43.1 Å². The fraction of sp³-hybridized carbons (Fsp3) is 0.286. The Hall–Kier alpha value is -2.14. The molecule has 0 spiro atoms. The Morgan fingerprint density at radius 2 is 2.11 bits per heavy atom. The third-order valence-corrected chi connectivity index (χ3v) is 2.83. The molecular weight excluding hydrogens is 242 g/mol. The number of aromatic nitrogens is 1. The van der Waals surface area contributed by atoms with Crippen molar-refractivity contribution in [3.05, 3.63) is 42.2 Å². The van der Waals surface area contributed by atoms with Gasteiger partial charge in [0.2, 0.25) is 5.76 Å². The van der Waals surface area contributed by atoms with E-state index in [-0.39, 0.29) is 11.7 Å². The highest BCUT2D eigenvalue weighted by Gasteiger charge is 2.17. The van der Waals surface area contributed by atoms with Gasteiger partial charge in [-0.25, -0.2) is 0 Å². The predicted molar refractivity (Wildman–Crippen MR) is 72.8 cm³/mol. The van der Waals surface area contributed by atoms with E-state index in [1.165, 1.54) is 0 Å². The molecule has 0 saturated carbocycles. The summed E-state index contributed by atoms with van der Waals surface area (Å²) in [6.45, 7) is 1.36. The van der Waals surface area contributed by atoms with Crippen LogP contribution in [0.25, 0.3) is 11.3 Å². The first kappa shape index (κ1) is 13.3. The zero-order valence-electron chi connectivity index (χ0n) is 11.1. The van der Waals surface area contributed by atoms with Gasteiger partial charge in [0.1, 0.15) is 5.69 Å². The zero-order chi connectivity index (χ0) is 13.7. The highest BCUT2D eigenvalue weighted by molar-refractivity contribution is 5.92. The van der Waals surface area contributed by atoms with Crippen LogP contribution in [0.15, 0.2) is 40.9 Å². The molecule has 2 aromatic rings. The smallest absolute Gasteiger partial charge is 0.292 e. The second-order valence-corrected chi connectivity index (χ2v) is 4.27. The minimum Gasteiger partial charge on any atom is -0.350 e.